The number of rotatable bonds is 5. The Bertz CT molecular complexity index is 869. The van der Waals surface area contributed by atoms with E-state index in [0.717, 1.165) is 12.8 Å². The SMILES string of the molecule is CCCCOC(=O)c1ccc2nc(-c3cc(Cl)cc(Cl)c3)oc2c1. The summed E-state index contributed by atoms with van der Waals surface area (Å²) in [5, 5.41) is 1.000. The minimum Gasteiger partial charge on any atom is -0.462 e. The number of carbonyl (C=O) groups is 1. The van der Waals surface area contributed by atoms with Crippen molar-refractivity contribution < 1.29 is 13.9 Å². The van der Waals surface area contributed by atoms with Gasteiger partial charge in [0.25, 0.3) is 0 Å². The quantitative estimate of drug-likeness (QED) is 0.427. The molecule has 2 aromatic carbocycles. The fourth-order valence-electron chi connectivity index (χ4n) is 2.24. The van der Waals surface area contributed by atoms with Crippen molar-refractivity contribution in [1.82, 2.24) is 4.98 Å². The Kier molecular flexibility index (Phi) is 5.07. The van der Waals surface area contributed by atoms with E-state index in [1.54, 1.807) is 36.4 Å². The van der Waals surface area contributed by atoms with E-state index in [-0.39, 0.29) is 5.97 Å². The molecule has 124 valence electrons. The van der Waals surface area contributed by atoms with Crippen molar-refractivity contribution >= 4 is 40.3 Å². The maximum absolute atomic E-state index is 12.0. The van der Waals surface area contributed by atoms with Crippen molar-refractivity contribution in [2.24, 2.45) is 0 Å². The Balaban J connectivity index is 1.90. The van der Waals surface area contributed by atoms with Crippen LogP contribution in [0.4, 0.5) is 0 Å². The first-order chi connectivity index (χ1) is 11.6. The first-order valence-corrected chi connectivity index (χ1v) is 8.36. The van der Waals surface area contributed by atoms with Crippen molar-refractivity contribution in [3.63, 3.8) is 0 Å². The number of aromatic nitrogens is 1. The maximum atomic E-state index is 12.0. The molecule has 0 amide bonds. The molecule has 0 bridgehead atoms. The molecule has 1 aromatic heterocycles. The highest BCUT2D eigenvalue weighted by Crippen LogP contribution is 2.29. The third kappa shape index (κ3) is 3.71. The molecule has 4 nitrogen and oxygen atoms in total. The zero-order valence-electron chi connectivity index (χ0n) is 13.0. The van der Waals surface area contributed by atoms with E-state index in [4.69, 9.17) is 32.4 Å². The van der Waals surface area contributed by atoms with Gasteiger partial charge in [0.2, 0.25) is 5.89 Å². The highest BCUT2D eigenvalue weighted by atomic mass is 35.5. The molecule has 0 unspecified atom stereocenters. The van der Waals surface area contributed by atoms with Gasteiger partial charge in [-0.1, -0.05) is 36.5 Å². The zero-order valence-corrected chi connectivity index (χ0v) is 14.5. The monoisotopic (exact) mass is 363 g/mol. The summed E-state index contributed by atoms with van der Waals surface area (Å²) in [7, 11) is 0. The lowest BCUT2D eigenvalue weighted by molar-refractivity contribution is 0.0500. The molecule has 6 heteroatoms. The van der Waals surface area contributed by atoms with Crippen LogP contribution in [0.1, 0.15) is 30.1 Å². The third-order valence-electron chi connectivity index (χ3n) is 3.46. The predicted octanol–water partition coefficient (Wildman–Crippen LogP) is 5.76. The minimum atomic E-state index is -0.367. The summed E-state index contributed by atoms with van der Waals surface area (Å²) in [5.41, 5.74) is 2.26. The van der Waals surface area contributed by atoms with Crippen LogP contribution in [0.25, 0.3) is 22.6 Å². The number of fused-ring (bicyclic) bond motifs is 1. The van der Waals surface area contributed by atoms with Gasteiger partial charge in [-0.2, -0.15) is 0 Å². The van der Waals surface area contributed by atoms with Crippen LogP contribution < -0.4 is 0 Å². The van der Waals surface area contributed by atoms with Crippen molar-refractivity contribution in [2.75, 3.05) is 6.61 Å². The molecule has 0 fully saturated rings. The Hall–Kier alpha value is -2.04. The van der Waals surface area contributed by atoms with E-state index in [9.17, 15) is 4.79 Å². The molecule has 0 saturated carbocycles. The molecule has 0 aliphatic heterocycles. The number of hydrogen-bond acceptors (Lipinski definition) is 4. The molecule has 0 aliphatic rings. The van der Waals surface area contributed by atoms with E-state index in [1.165, 1.54) is 0 Å². The molecule has 0 radical (unpaired) electrons. The van der Waals surface area contributed by atoms with Gasteiger partial charge in [0, 0.05) is 15.6 Å². The summed E-state index contributed by atoms with van der Waals surface area (Å²) >= 11 is 12.0. The fourth-order valence-corrected chi connectivity index (χ4v) is 2.77. The number of nitrogens with zero attached hydrogens (tertiary/aromatic N) is 1. The van der Waals surface area contributed by atoms with Crippen LogP contribution in [0, 0.1) is 0 Å². The molecule has 0 N–H and O–H groups in total. The second-order valence-corrected chi connectivity index (χ2v) is 6.22. The fraction of sp³-hybridized carbons (Fsp3) is 0.222. The van der Waals surface area contributed by atoms with Crippen LogP contribution in [0.5, 0.6) is 0 Å². The second-order valence-electron chi connectivity index (χ2n) is 5.35. The Labute approximate surface area is 149 Å². The molecule has 24 heavy (non-hydrogen) atoms. The zero-order chi connectivity index (χ0) is 17.1. The minimum absolute atomic E-state index is 0.367. The van der Waals surface area contributed by atoms with Crippen molar-refractivity contribution in [1.29, 1.82) is 0 Å². The van der Waals surface area contributed by atoms with Gasteiger partial charge in [-0.15, -0.1) is 0 Å². The number of hydrogen-bond donors (Lipinski definition) is 0. The van der Waals surface area contributed by atoms with Crippen LogP contribution in [0.15, 0.2) is 40.8 Å². The van der Waals surface area contributed by atoms with E-state index in [0.29, 0.717) is 44.8 Å². The van der Waals surface area contributed by atoms with Crippen LogP contribution in [-0.4, -0.2) is 17.6 Å². The van der Waals surface area contributed by atoms with Crippen LogP contribution in [0.2, 0.25) is 10.0 Å². The van der Waals surface area contributed by atoms with E-state index < -0.39 is 0 Å². The van der Waals surface area contributed by atoms with Gasteiger partial charge in [0.05, 0.1) is 12.2 Å². The van der Waals surface area contributed by atoms with Crippen molar-refractivity contribution in [3.05, 3.63) is 52.0 Å². The lowest BCUT2D eigenvalue weighted by atomic mass is 10.2. The molecule has 0 saturated heterocycles. The number of unbranched alkanes of at least 4 members (excludes halogenated alkanes) is 1. The summed E-state index contributed by atoms with van der Waals surface area (Å²) < 4.78 is 10.9. The Morgan fingerprint density at radius 3 is 2.62 bits per heavy atom. The normalized spacial score (nSPS) is 11.0. The van der Waals surface area contributed by atoms with Gasteiger partial charge in [-0.3, -0.25) is 0 Å². The van der Waals surface area contributed by atoms with Gasteiger partial charge in [0.1, 0.15) is 5.52 Å². The number of halogens is 2. The van der Waals surface area contributed by atoms with Crippen molar-refractivity contribution in [3.8, 4) is 11.5 Å². The topological polar surface area (TPSA) is 52.3 Å². The van der Waals surface area contributed by atoms with Gasteiger partial charge < -0.3 is 9.15 Å². The van der Waals surface area contributed by atoms with Gasteiger partial charge in [0.15, 0.2) is 5.58 Å². The first kappa shape index (κ1) is 16.8. The third-order valence-corrected chi connectivity index (χ3v) is 3.90. The molecule has 0 atom stereocenters. The molecule has 0 spiro atoms. The predicted molar refractivity (Wildman–Crippen MR) is 94.7 cm³/mol. The summed E-state index contributed by atoms with van der Waals surface area (Å²) in [6.07, 6.45) is 1.82. The number of benzene rings is 2. The van der Waals surface area contributed by atoms with Gasteiger partial charge in [-0.25, -0.2) is 9.78 Å². The lowest BCUT2D eigenvalue weighted by Crippen LogP contribution is -2.05. The van der Waals surface area contributed by atoms with Crippen molar-refractivity contribution in [2.45, 2.75) is 19.8 Å². The maximum Gasteiger partial charge on any atom is 0.338 e. The Morgan fingerprint density at radius 2 is 1.92 bits per heavy atom. The van der Waals surface area contributed by atoms with E-state index >= 15 is 0 Å². The molecule has 0 aliphatic carbocycles. The van der Waals surface area contributed by atoms with E-state index in [2.05, 4.69) is 4.98 Å². The summed E-state index contributed by atoms with van der Waals surface area (Å²) in [5.74, 6) is 0.0278. The number of oxazole rings is 1. The largest absolute Gasteiger partial charge is 0.462 e. The average molecular weight is 364 g/mol. The van der Waals surface area contributed by atoms with Gasteiger partial charge in [-0.05, 0) is 42.8 Å². The molecular weight excluding hydrogens is 349 g/mol. The second kappa shape index (κ2) is 7.24. The highest BCUT2D eigenvalue weighted by molar-refractivity contribution is 6.35. The molecular formula is C18H15Cl2NO3. The lowest BCUT2D eigenvalue weighted by Gasteiger charge is -2.03. The van der Waals surface area contributed by atoms with Crippen LogP contribution >= 0.6 is 23.2 Å². The number of carbonyl (C=O) groups excluding carboxylic acids is 1. The van der Waals surface area contributed by atoms with E-state index in [1.807, 2.05) is 6.92 Å². The first-order valence-electron chi connectivity index (χ1n) is 7.61. The summed E-state index contributed by atoms with van der Waals surface area (Å²) in [6.45, 7) is 2.45. The molecule has 3 aromatic rings. The number of esters is 1. The highest BCUT2D eigenvalue weighted by Gasteiger charge is 2.13. The summed E-state index contributed by atoms with van der Waals surface area (Å²) in [4.78, 5) is 16.4. The van der Waals surface area contributed by atoms with Crippen LogP contribution in [0.3, 0.4) is 0 Å². The van der Waals surface area contributed by atoms with Crippen LogP contribution in [-0.2, 0) is 4.74 Å². The average Bonchev–Trinajstić information content (AvgIpc) is 2.97. The molecule has 3 rings (SSSR count). The smallest absolute Gasteiger partial charge is 0.338 e. The Morgan fingerprint density at radius 1 is 1.17 bits per heavy atom. The van der Waals surface area contributed by atoms with Gasteiger partial charge >= 0.3 is 5.97 Å². The standard InChI is InChI=1S/C18H15Cl2NO3/c1-2-3-6-23-18(22)11-4-5-15-16(9-11)24-17(21-15)12-7-13(19)10-14(20)8-12/h4-5,7-10H,2-3,6H2,1H3. The molecule has 1 heterocycles. The number of ether oxygens (including phenoxy) is 1. The summed E-state index contributed by atoms with van der Waals surface area (Å²) in [6, 6.07) is 10.1.